The minimum Gasteiger partial charge on any atom is -0.394 e. The molecule has 164 valence electrons. The maximum Gasteiger partial charge on any atom is 0.321 e. The van der Waals surface area contributed by atoms with Crippen LogP contribution in [0.15, 0.2) is 36.5 Å². The summed E-state index contributed by atoms with van der Waals surface area (Å²) < 4.78 is 40.9. The molecule has 1 fully saturated rings. The van der Waals surface area contributed by atoms with Crippen molar-refractivity contribution in [2.24, 2.45) is 0 Å². The number of aliphatic hydroxyl groups excluding tert-OH is 1. The summed E-state index contributed by atoms with van der Waals surface area (Å²) in [4.78, 5) is 16.4. The molecule has 3 N–H and O–H groups in total. The largest absolute Gasteiger partial charge is 0.394 e. The number of rotatable bonds is 6. The number of benzene rings is 1. The van der Waals surface area contributed by atoms with Gasteiger partial charge in [0.1, 0.15) is 5.82 Å². The van der Waals surface area contributed by atoms with Gasteiger partial charge in [-0.1, -0.05) is 23.5 Å². The fraction of sp³-hybridized carbons (Fsp3) is 0.238. The van der Waals surface area contributed by atoms with Crippen molar-refractivity contribution >= 4 is 22.5 Å². The number of pyridine rings is 1. The Balaban J connectivity index is 1.49. The number of nitrogens with one attached hydrogen (secondary N) is 2. The molecule has 4 rings (SSSR count). The molecule has 0 radical (unpaired) electrons. The van der Waals surface area contributed by atoms with E-state index in [0.29, 0.717) is 21.8 Å². The maximum atomic E-state index is 13.7. The van der Waals surface area contributed by atoms with Crippen molar-refractivity contribution in [2.45, 2.75) is 24.3 Å². The van der Waals surface area contributed by atoms with Gasteiger partial charge in [0.2, 0.25) is 5.13 Å². The van der Waals surface area contributed by atoms with Crippen LogP contribution in [0.25, 0.3) is 11.1 Å². The van der Waals surface area contributed by atoms with E-state index in [4.69, 9.17) is 6.42 Å². The molecule has 2 amide bonds. The summed E-state index contributed by atoms with van der Waals surface area (Å²) in [5, 5.41) is 22.6. The Kier molecular flexibility index (Phi) is 5.82. The fourth-order valence-electron chi connectivity index (χ4n) is 3.24. The number of aromatic nitrogens is 3. The van der Waals surface area contributed by atoms with E-state index in [0.717, 1.165) is 17.4 Å². The number of amides is 2. The van der Waals surface area contributed by atoms with Gasteiger partial charge in [-0.3, -0.25) is 10.3 Å². The number of aliphatic hydroxyl groups is 1. The standard InChI is InChI=1S/C21H16F3N5O2S/c1-2-18-28-29-20(32-18)27-19(31)26-17(10-30)16-6-3-11(9-25-16)13-5-4-12(22)7-14(13)15-8-21(15,23)24/h1,3-7,9,15,17,30H,8,10H2,(H2,26,27,29,31). The van der Waals surface area contributed by atoms with Crippen molar-refractivity contribution in [3.63, 3.8) is 0 Å². The van der Waals surface area contributed by atoms with Gasteiger partial charge in [-0.15, -0.1) is 16.6 Å². The van der Waals surface area contributed by atoms with E-state index in [2.05, 4.69) is 31.7 Å². The van der Waals surface area contributed by atoms with Crippen LogP contribution >= 0.6 is 11.3 Å². The Hall–Kier alpha value is -3.49. The van der Waals surface area contributed by atoms with E-state index in [1.807, 2.05) is 0 Å². The number of carbonyl (C=O) groups excluding carboxylic acids is 1. The normalized spacial score (nSPS) is 17.3. The molecule has 1 saturated carbocycles. The molecule has 1 aliphatic rings. The zero-order valence-corrected chi connectivity index (χ0v) is 17.2. The molecule has 11 heteroatoms. The monoisotopic (exact) mass is 459 g/mol. The van der Waals surface area contributed by atoms with Crippen molar-refractivity contribution in [2.75, 3.05) is 11.9 Å². The number of hydrogen-bond acceptors (Lipinski definition) is 6. The van der Waals surface area contributed by atoms with Crippen LogP contribution in [-0.4, -0.2) is 38.8 Å². The fourth-order valence-corrected chi connectivity index (χ4v) is 3.79. The molecule has 0 bridgehead atoms. The lowest BCUT2D eigenvalue weighted by atomic mass is 9.97. The molecule has 3 aromatic rings. The van der Waals surface area contributed by atoms with Crippen LogP contribution in [0.3, 0.4) is 0 Å². The second-order valence-corrected chi connectivity index (χ2v) is 8.09. The molecule has 2 unspecified atom stereocenters. The molecule has 0 spiro atoms. The second-order valence-electron chi connectivity index (χ2n) is 7.11. The lowest BCUT2D eigenvalue weighted by Crippen LogP contribution is -2.34. The van der Waals surface area contributed by atoms with Crippen molar-refractivity contribution in [1.82, 2.24) is 20.5 Å². The Morgan fingerprint density at radius 3 is 2.72 bits per heavy atom. The summed E-state index contributed by atoms with van der Waals surface area (Å²) >= 11 is 1.01. The SMILES string of the molecule is C#Cc1nnc(NC(=O)NC(CO)c2ccc(-c3ccc(F)cc3C3CC3(F)F)cn2)s1. The van der Waals surface area contributed by atoms with Crippen LogP contribution in [-0.2, 0) is 0 Å². The third-order valence-corrected chi connectivity index (χ3v) is 5.70. The smallest absolute Gasteiger partial charge is 0.321 e. The van der Waals surface area contributed by atoms with E-state index < -0.39 is 36.3 Å². The summed E-state index contributed by atoms with van der Waals surface area (Å²) in [6.45, 7) is -0.443. The quantitative estimate of drug-likeness (QED) is 0.488. The number of hydrogen-bond donors (Lipinski definition) is 3. The summed E-state index contributed by atoms with van der Waals surface area (Å²) in [7, 11) is 0. The molecule has 1 aliphatic carbocycles. The molecule has 2 heterocycles. The second kappa shape index (κ2) is 8.57. The molecule has 7 nitrogen and oxygen atoms in total. The Morgan fingerprint density at radius 2 is 2.12 bits per heavy atom. The average molecular weight is 459 g/mol. The van der Waals surface area contributed by atoms with Crippen LogP contribution in [0.4, 0.5) is 23.1 Å². The Morgan fingerprint density at radius 1 is 1.34 bits per heavy atom. The number of halogens is 3. The molecular weight excluding hydrogens is 443 g/mol. The van der Waals surface area contributed by atoms with Crippen LogP contribution < -0.4 is 10.6 Å². The predicted molar refractivity (Wildman–Crippen MR) is 112 cm³/mol. The first-order valence-electron chi connectivity index (χ1n) is 9.43. The highest BCUT2D eigenvalue weighted by molar-refractivity contribution is 7.15. The molecular formula is C21H16F3N5O2S. The maximum absolute atomic E-state index is 13.7. The Bertz CT molecular complexity index is 1190. The molecule has 32 heavy (non-hydrogen) atoms. The van der Waals surface area contributed by atoms with E-state index in [1.165, 1.54) is 18.3 Å². The number of alkyl halides is 2. The van der Waals surface area contributed by atoms with Gasteiger partial charge in [0.25, 0.3) is 5.92 Å². The van der Waals surface area contributed by atoms with Gasteiger partial charge in [-0.05, 0) is 35.2 Å². The van der Waals surface area contributed by atoms with Crippen LogP contribution in [0.5, 0.6) is 0 Å². The highest BCUT2D eigenvalue weighted by atomic mass is 32.1. The summed E-state index contributed by atoms with van der Waals surface area (Å²) in [6.07, 6.45) is 6.32. The number of anilines is 1. The summed E-state index contributed by atoms with van der Waals surface area (Å²) in [5.74, 6) is -2.16. The zero-order chi connectivity index (χ0) is 22.9. The number of urea groups is 1. The highest BCUT2D eigenvalue weighted by Gasteiger charge is 2.58. The first-order chi connectivity index (χ1) is 15.3. The van der Waals surface area contributed by atoms with E-state index in [9.17, 15) is 23.1 Å². The van der Waals surface area contributed by atoms with Gasteiger partial charge in [0.05, 0.1) is 24.3 Å². The van der Waals surface area contributed by atoms with Crippen molar-refractivity contribution in [3.05, 3.63) is 58.6 Å². The molecule has 2 atom stereocenters. The van der Waals surface area contributed by atoms with E-state index >= 15 is 0 Å². The Labute approximate surface area is 184 Å². The zero-order valence-electron chi connectivity index (χ0n) is 16.3. The summed E-state index contributed by atoms with van der Waals surface area (Å²) in [6, 6.07) is 5.45. The van der Waals surface area contributed by atoms with Gasteiger partial charge in [0.15, 0.2) is 5.01 Å². The first kappa shape index (κ1) is 21.7. The predicted octanol–water partition coefficient (Wildman–Crippen LogP) is 3.70. The van der Waals surface area contributed by atoms with Crippen molar-refractivity contribution in [3.8, 4) is 23.5 Å². The topological polar surface area (TPSA) is 100 Å². The van der Waals surface area contributed by atoms with Gasteiger partial charge < -0.3 is 10.4 Å². The molecule has 0 saturated heterocycles. The van der Waals surface area contributed by atoms with Crippen LogP contribution in [0, 0.1) is 18.2 Å². The van der Waals surface area contributed by atoms with Gasteiger partial charge in [-0.25, -0.2) is 18.0 Å². The van der Waals surface area contributed by atoms with Gasteiger partial charge in [0, 0.05) is 18.2 Å². The highest BCUT2D eigenvalue weighted by Crippen LogP contribution is 2.57. The van der Waals surface area contributed by atoms with Crippen molar-refractivity contribution in [1.29, 1.82) is 0 Å². The third kappa shape index (κ3) is 4.56. The van der Waals surface area contributed by atoms with Crippen LogP contribution in [0.1, 0.15) is 34.6 Å². The first-order valence-corrected chi connectivity index (χ1v) is 10.2. The number of terminal acetylenes is 1. The van der Waals surface area contributed by atoms with Gasteiger partial charge >= 0.3 is 6.03 Å². The van der Waals surface area contributed by atoms with Gasteiger partial charge in [-0.2, -0.15) is 0 Å². The molecule has 1 aromatic carbocycles. The number of nitrogens with zero attached hydrogens (tertiary/aromatic N) is 3. The lowest BCUT2D eigenvalue weighted by molar-refractivity contribution is 0.112. The summed E-state index contributed by atoms with van der Waals surface area (Å²) in [5.41, 5.74) is 1.54. The van der Waals surface area contributed by atoms with Crippen molar-refractivity contribution < 1.29 is 23.1 Å². The average Bonchev–Trinajstić information content (AvgIpc) is 3.18. The van der Waals surface area contributed by atoms with E-state index in [-0.39, 0.29) is 17.1 Å². The third-order valence-electron chi connectivity index (χ3n) is 4.93. The molecule has 0 aliphatic heterocycles. The lowest BCUT2D eigenvalue weighted by Gasteiger charge is -2.16. The molecule has 2 aromatic heterocycles. The minimum atomic E-state index is -2.84. The van der Waals surface area contributed by atoms with E-state index in [1.54, 1.807) is 12.1 Å². The minimum absolute atomic E-state index is 0.191. The number of carbonyl (C=O) groups is 1. The van der Waals surface area contributed by atoms with Crippen LogP contribution in [0.2, 0.25) is 0 Å².